The van der Waals surface area contributed by atoms with E-state index in [4.69, 9.17) is 15.7 Å². The number of rotatable bonds is 3. The topological polar surface area (TPSA) is 96.4 Å². The monoisotopic (exact) mass is 259 g/mol. The van der Waals surface area contributed by atoms with Crippen molar-refractivity contribution in [3.05, 3.63) is 23.8 Å². The number of nitrogens with zero attached hydrogens (tertiary/aromatic N) is 2. The van der Waals surface area contributed by atoms with Gasteiger partial charge in [0.25, 0.3) is 5.91 Å². The Hall–Kier alpha value is -2.39. The maximum Gasteiger partial charge on any atom is 0.271 e. The summed E-state index contributed by atoms with van der Waals surface area (Å²) in [6, 6.07) is 7.03. The Kier molecular flexibility index (Phi) is 3.78. The summed E-state index contributed by atoms with van der Waals surface area (Å²) in [7, 11) is 0. The van der Waals surface area contributed by atoms with Crippen molar-refractivity contribution in [2.75, 3.05) is 11.5 Å². The van der Waals surface area contributed by atoms with E-state index in [0.717, 1.165) is 10.5 Å². The molecule has 2 N–H and O–H groups in total. The zero-order valence-electron chi connectivity index (χ0n) is 10.3. The van der Waals surface area contributed by atoms with Crippen LogP contribution in [0.5, 0.6) is 5.75 Å². The van der Waals surface area contributed by atoms with Gasteiger partial charge in [-0.15, -0.1) is 0 Å². The van der Waals surface area contributed by atoms with Crippen molar-refractivity contribution in [2.45, 2.75) is 19.4 Å². The number of nitriles is 1. The molecule has 6 nitrogen and oxygen atoms in total. The van der Waals surface area contributed by atoms with E-state index in [2.05, 4.69) is 0 Å². The third kappa shape index (κ3) is 2.56. The van der Waals surface area contributed by atoms with Crippen molar-refractivity contribution >= 4 is 17.5 Å². The van der Waals surface area contributed by atoms with Gasteiger partial charge >= 0.3 is 0 Å². The maximum atomic E-state index is 12.0. The molecule has 1 heterocycles. The highest BCUT2D eigenvalue weighted by molar-refractivity contribution is 6.17. The summed E-state index contributed by atoms with van der Waals surface area (Å²) < 4.78 is 5.27. The molecule has 0 fully saturated rings. The minimum Gasteiger partial charge on any atom is -0.482 e. The zero-order chi connectivity index (χ0) is 13.8. The molecule has 2 amide bonds. The summed E-state index contributed by atoms with van der Waals surface area (Å²) in [6.45, 7) is 0.134. The molecule has 6 heteroatoms. The number of fused-ring (bicyclic) bond motifs is 1. The summed E-state index contributed by atoms with van der Waals surface area (Å²) in [4.78, 5) is 24.9. The van der Waals surface area contributed by atoms with Crippen molar-refractivity contribution in [1.82, 2.24) is 0 Å². The maximum absolute atomic E-state index is 12.0. The number of imide groups is 1. The first-order valence-electron chi connectivity index (χ1n) is 5.86. The summed E-state index contributed by atoms with van der Waals surface area (Å²) in [6.07, 6.45) is 0.0872. The van der Waals surface area contributed by atoms with Crippen LogP contribution in [0.25, 0.3) is 0 Å². The molecule has 1 aromatic rings. The van der Waals surface area contributed by atoms with Gasteiger partial charge in [0.2, 0.25) is 5.91 Å². The van der Waals surface area contributed by atoms with E-state index < -0.39 is 11.8 Å². The summed E-state index contributed by atoms with van der Waals surface area (Å²) in [5, 5.41) is 8.51. The van der Waals surface area contributed by atoms with Gasteiger partial charge < -0.3 is 10.5 Å². The molecule has 1 aromatic carbocycles. The van der Waals surface area contributed by atoms with Gasteiger partial charge in [-0.25, -0.2) is 4.90 Å². The molecule has 1 aliphatic rings. The van der Waals surface area contributed by atoms with Crippen molar-refractivity contribution in [2.24, 2.45) is 5.73 Å². The number of hydrogen-bond donors (Lipinski definition) is 1. The van der Waals surface area contributed by atoms with Crippen molar-refractivity contribution in [3.63, 3.8) is 0 Å². The molecule has 0 saturated heterocycles. The van der Waals surface area contributed by atoms with E-state index in [1.165, 1.54) is 0 Å². The van der Waals surface area contributed by atoms with E-state index >= 15 is 0 Å². The molecule has 1 aliphatic heterocycles. The fourth-order valence-corrected chi connectivity index (χ4v) is 1.87. The molecule has 0 atom stereocenters. The Bertz CT molecular complexity index is 563. The van der Waals surface area contributed by atoms with Crippen LogP contribution in [-0.2, 0) is 16.1 Å². The fourth-order valence-electron chi connectivity index (χ4n) is 1.87. The van der Waals surface area contributed by atoms with E-state index in [1.54, 1.807) is 18.2 Å². The predicted molar refractivity (Wildman–Crippen MR) is 67.2 cm³/mol. The van der Waals surface area contributed by atoms with Gasteiger partial charge in [-0.1, -0.05) is 6.07 Å². The molecule has 0 aliphatic carbocycles. The highest BCUT2D eigenvalue weighted by atomic mass is 16.5. The second kappa shape index (κ2) is 5.50. The quantitative estimate of drug-likeness (QED) is 0.861. The highest BCUT2D eigenvalue weighted by Gasteiger charge is 2.30. The molecule has 19 heavy (non-hydrogen) atoms. The largest absolute Gasteiger partial charge is 0.482 e. The lowest BCUT2D eigenvalue weighted by molar-refractivity contribution is -0.128. The van der Waals surface area contributed by atoms with E-state index in [1.807, 2.05) is 6.07 Å². The molecule has 98 valence electrons. The van der Waals surface area contributed by atoms with Crippen LogP contribution in [0.1, 0.15) is 18.4 Å². The summed E-state index contributed by atoms with van der Waals surface area (Å²) in [5.41, 5.74) is 6.75. The van der Waals surface area contributed by atoms with Crippen LogP contribution in [0.3, 0.4) is 0 Å². The number of nitrogens with two attached hydrogens (primary N) is 1. The van der Waals surface area contributed by atoms with Crippen LogP contribution >= 0.6 is 0 Å². The van der Waals surface area contributed by atoms with Crippen molar-refractivity contribution < 1.29 is 14.3 Å². The van der Waals surface area contributed by atoms with Crippen LogP contribution in [0, 0.1) is 11.3 Å². The normalized spacial score (nSPS) is 13.5. The predicted octanol–water partition coefficient (Wildman–Crippen LogP) is 0.701. The second-order valence-electron chi connectivity index (χ2n) is 4.08. The number of amides is 2. The van der Waals surface area contributed by atoms with E-state index in [-0.39, 0.29) is 19.4 Å². The smallest absolute Gasteiger partial charge is 0.271 e. The van der Waals surface area contributed by atoms with Crippen LogP contribution in [0.4, 0.5) is 5.69 Å². The molecule has 0 radical (unpaired) electrons. The molecule has 0 spiro atoms. The SMILES string of the molecule is N#CCCC(=O)N1C(=O)COc2ccc(CN)cc21. The summed E-state index contributed by atoms with van der Waals surface area (Å²) >= 11 is 0. The molecule has 0 unspecified atom stereocenters. The highest BCUT2D eigenvalue weighted by Crippen LogP contribution is 2.33. The molecule has 2 rings (SSSR count). The lowest BCUT2D eigenvalue weighted by Crippen LogP contribution is -2.43. The third-order valence-electron chi connectivity index (χ3n) is 2.80. The molecule has 0 aromatic heterocycles. The van der Waals surface area contributed by atoms with Crippen LogP contribution in [-0.4, -0.2) is 18.4 Å². The third-order valence-corrected chi connectivity index (χ3v) is 2.80. The van der Waals surface area contributed by atoms with E-state index in [0.29, 0.717) is 18.0 Å². The Morgan fingerprint density at radius 3 is 3.00 bits per heavy atom. The Morgan fingerprint density at radius 1 is 1.53 bits per heavy atom. The van der Waals surface area contributed by atoms with Crippen LogP contribution in [0.2, 0.25) is 0 Å². The van der Waals surface area contributed by atoms with Crippen LogP contribution in [0.15, 0.2) is 18.2 Å². The molecule has 0 bridgehead atoms. The lowest BCUT2D eigenvalue weighted by Gasteiger charge is -2.28. The Morgan fingerprint density at radius 2 is 2.32 bits per heavy atom. The lowest BCUT2D eigenvalue weighted by atomic mass is 10.1. The van der Waals surface area contributed by atoms with Gasteiger partial charge in [-0.3, -0.25) is 9.59 Å². The number of ether oxygens (including phenoxy) is 1. The van der Waals surface area contributed by atoms with Gasteiger partial charge in [-0.05, 0) is 17.7 Å². The number of carbonyl (C=O) groups excluding carboxylic acids is 2. The minimum atomic E-state index is -0.426. The van der Waals surface area contributed by atoms with Gasteiger partial charge in [0.15, 0.2) is 6.61 Å². The first-order valence-corrected chi connectivity index (χ1v) is 5.86. The van der Waals surface area contributed by atoms with Gasteiger partial charge in [-0.2, -0.15) is 5.26 Å². The average molecular weight is 259 g/mol. The van der Waals surface area contributed by atoms with E-state index in [9.17, 15) is 9.59 Å². The number of hydrogen-bond acceptors (Lipinski definition) is 5. The standard InChI is InChI=1S/C13H13N3O3/c14-5-1-2-12(17)16-10-6-9(7-15)3-4-11(10)19-8-13(16)18/h3-4,6H,1-2,7-8,15H2. The second-order valence-corrected chi connectivity index (χ2v) is 4.08. The first-order chi connectivity index (χ1) is 9.17. The van der Waals surface area contributed by atoms with Crippen molar-refractivity contribution in [3.8, 4) is 11.8 Å². The number of anilines is 1. The molecule has 0 saturated carbocycles. The van der Waals surface area contributed by atoms with Gasteiger partial charge in [0.05, 0.1) is 11.8 Å². The molecular weight excluding hydrogens is 246 g/mol. The Labute approximate surface area is 110 Å². The Balaban J connectivity index is 2.36. The number of carbonyl (C=O) groups is 2. The molecular formula is C13H13N3O3. The van der Waals surface area contributed by atoms with Crippen molar-refractivity contribution in [1.29, 1.82) is 5.26 Å². The fraction of sp³-hybridized carbons (Fsp3) is 0.308. The van der Waals surface area contributed by atoms with Crippen LogP contribution < -0.4 is 15.4 Å². The summed E-state index contributed by atoms with van der Waals surface area (Å²) in [5.74, 6) is -0.350. The first kappa shape index (κ1) is 13.1. The number of benzene rings is 1. The van der Waals surface area contributed by atoms with Gasteiger partial charge in [0.1, 0.15) is 5.75 Å². The average Bonchev–Trinajstić information content (AvgIpc) is 2.43. The zero-order valence-corrected chi connectivity index (χ0v) is 10.3. The van der Waals surface area contributed by atoms with Gasteiger partial charge in [0, 0.05) is 19.4 Å². The minimum absolute atomic E-state index is 0.00846.